The van der Waals surface area contributed by atoms with Crippen LogP contribution < -0.4 is 5.32 Å². The van der Waals surface area contributed by atoms with Crippen molar-refractivity contribution in [1.82, 2.24) is 24.3 Å². The lowest BCUT2D eigenvalue weighted by Crippen LogP contribution is -2.23. The minimum absolute atomic E-state index is 0.0229. The van der Waals surface area contributed by atoms with Crippen LogP contribution >= 0.6 is 0 Å². The van der Waals surface area contributed by atoms with Crippen LogP contribution in [0.25, 0.3) is 11.3 Å². The molecule has 0 aliphatic carbocycles. The van der Waals surface area contributed by atoms with E-state index in [9.17, 15) is 9.90 Å². The summed E-state index contributed by atoms with van der Waals surface area (Å²) in [6.07, 6.45) is 10.7. The fourth-order valence-corrected chi connectivity index (χ4v) is 2.74. The predicted octanol–water partition coefficient (Wildman–Crippen LogP) is 1.94. The number of nitrogens with zero attached hydrogens (tertiary/aromatic N) is 4. The number of amides is 1. The molecule has 4 aromatic rings. The van der Waals surface area contributed by atoms with Crippen LogP contribution in [0.15, 0.2) is 67.5 Å². The molecule has 0 bridgehead atoms. The van der Waals surface area contributed by atoms with E-state index in [2.05, 4.69) is 15.3 Å². The molecule has 2 N–H and O–H groups in total. The number of aliphatic hydroxyl groups excluding tert-OH is 1. The minimum atomic E-state index is -0.209. The first-order valence-corrected chi connectivity index (χ1v) is 8.17. The molecular formula is C19H17N5O2. The average Bonchev–Trinajstić information content (AvgIpc) is 3.35. The van der Waals surface area contributed by atoms with E-state index in [-0.39, 0.29) is 12.5 Å². The number of rotatable bonds is 5. The third-order valence-electron chi connectivity index (χ3n) is 4.06. The molecule has 0 fully saturated rings. The number of pyridine rings is 2. The molecule has 130 valence electrons. The van der Waals surface area contributed by atoms with Crippen LogP contribution in [0.1, 0.15) is 21.6 Å². The second kappa shape index (κ2) is 6.81. The number of fused-ring (bicyclic) bond motifs is 1. The molecule has 0 spiro atoms. The highest BCUT2D eigenvalue weighted by molar-refractivity contribution is 5.94. The van der Waals surface area contributed by atoms with Gasteiger partial charge in [0.05, 0.1) is 36.3 Å². The Kier molecular flexibility index (Phi) is 4.20. The molecule has 7 heteroatoms. The maximum absolute atomic E-state index is 12.4. The normalized spacial score (nSPS) is 11.0. The van der Waals surface area contributed by atoms with E-state index in [1.807, 2.05) is 58.0 Å². The summed E-state index contributed by atoms with van der Waals surface area (Å²) >= 11 is 0. The molecule has 4 rings (SSSR count). The summed E-state index contributed by atoms with van der Waals surface area (Å²) in [5.74, 6) is -0.209. The van der Waals surface area contributed by atoms with E-state index in [0.717, 1.165) is 22.6 Å². The van der Waals surface area contributed by atoms with Crippen molar-refractivity contribution in [2.24, 2.45) is 0 Å². The number of nitrogens with one attached hydrogen (secondary N) is 1. The summed E-state index contributed by atoms with van der Waals surface area (Å²) in [6.45, 7) is 0.285. The fourth-order valence-electron chi connectivity index (χ4n) is 2.74. The fraction of sp³-hybridized carbons (Fsp3) is 0.105. The molecular weight excluding hydrogens is 330 g/mol. The Balaban J connectivity index is 1.48. The van der Waals surface area contributed by atoms with Gasteiger partial charge in [-0.15, -0.1) is 0 Å². The summed E-state index contributed by atoms with van der Waals surface area (Å²) in [4.78, 5) is 21.0. The molecule has 0 saturated carbocycles. The molecule has 0 atom stereocenters. The third kappa shape index (κ3) is 3.20. The summed E-state index contributed by atoms with van der Waals surface area (Å²) in [5.41, 5.74) is 3.62. The first-order valence-electron chi connectivity index (χ1n) is 8.17. The Labute approximate surface area is 149 Å². The Bertz CT molecular complexity index is 1050. The Morgan fingerprint density at radius 2 is 2.00 bits per heavy atom. The molecule has 1 amide bonds. The molecule has 4 heterocycles. The van der Waals surface area contributed by atoms with Gasteiger partial charge in [0.25, 0.3) is 5.91 Å². The molecule has 7 nitrogen and oxygen atoms in total. The summed E-state index contributed by atoms with van der Waals surface area (Å²) in [6, 6.07) is 9.28. The van der Waals surface area contributed by atoms with Gasteiger partial charge in [0, 0.05) is 31.0 Å². The average molecular weight is 347 g/mol. The first kappa shape index (κ1) is 16.0. The van der Waals surface area contributed by atoms with Gasteiger partial charge in [-0.1, -0.05) is 6.07 Å². The van der Waals surface area contributed by atoms with Gasteiger partial charge in [-0.2, -0.15) is 0 Å². The number of hydrogen-bond acceptors (Lipinski definition) is 4. The number of aromatic nitrogens is 4. The lowest BCUT2D eigenvalue weighted by Gasteiger charge is -2.06. The van der Waals surface area contributed by atoms with Crippen LogP contribution in [0.4, 0.5) is 0 Å². The number of carbonyl (C=O) groups excluding carboxylic acids is 1. The van der Waals surface area contributed by atoms with Crippen molar-refractivity contribution >= 4 is 11.6 Å². The topological polar surface area (TPSA) is 84.5 Å². The summed E-state index contributed by atoms with van der Waals surface area (Å²) < 4.78 is 3.73. The van der Waals surface area contributed by atoms with Crippen LogP contribution in [0.2, 0.25) is 0 Å². The van der Waals surface area contributed by atoms with E-state index in [1.165, 1.54) is 0 Å². The van der Waals surface area contributed by atoms with E-state index >= 15 is 0 Å². The van der Waals surface area contributed by atoms with Crippen molar-refractivity contribution in [3.8, 4) is 5.69 Å². The zero-order chi connectivity index (χ0) is 17.9. The second-order valence-corrected chi connectivity index (χ2v) is 5.90. The largest absolute Gasteiger partial charge is 0.392 e. The quantitative estimate of drug-likeness (QED) is 0.578. The number of aliphatic hydroxyl groups is 1. The zero-order valence-electron chi connectivity index (χ0n) is 13.9. The standard InChI is InChI=1S/C19H17N5O2/c25-13-14-3-4-18-22-16(12-24(18)11-14)9-21-19(26)15-7-17(10-20-8-15)23-5-1-2-6-23/h1-8,10-12,25H,9,13H2,(H,21,26). The van der Waals surface area contributed by atoms with Gasteiger partial charge in [-0.05, 0) is 29.8 Å². The number of carbonyl (C=O) groups is 1. The van der Waals surface area contributed by atoms with Crippen LogP contribution in [-0.4, -0.2) is 29.9 Å². The molecule has 0 aliphatic heterocycles. The second-order valence-electron chi connectivity index (χ2n) is 5.90. The van der Waals surface area contributed by atoms with E-state index in [4.69, 9.17) is 0 Å². The highest BCUT2D eigenvalue weighted by Crippen LogP contribution is 2.10. The molecule has 26 heavy (non-hydrogen) atoms. The molecule has 0 aromatic carbocycles. The number of hydrogen-bond donors (Lipinski definition) is 2. The van der Waals surface area contributed by atoms with Gasteiger partial charge in [0.2, 0.25) is 0 Å². The van der Waals surface area contributed by atoms with Crippen LogP contribution in [0.3, 0.4) is 0 Å². The van der Waals surface area contributed by atoms with Crippen molar-refractivity contribution in [1.29, 1.82) is 0 Å². The van der Waals surface area contributed by atoms with Crippen molar-refractivity contribution in [2.45, 2.75) is 13.2 Å². The van der Waals surface area contributed by atoms with Crippen LogP contribution in [0, 0.1) is 0 Å². The summed E-state index contributed by atoms with van der Waals surface area (Å²) in [7, 11) is 0. The third-order valence-corrected chi connectivity index (χ3v) is 4.06. The van der Waals surface area contributed by atoms with Crippen molar-refractivity contribution in [2.75, 3.05) is 0 Å². The van der Waals surface area contributed by atoms with Gasteiger partial charge < -0.3 is 19.4 Å². The number of imidazole rings is 1. The Morgan fingerprint density at radius 3 is 2.81 bits per heavy atom. The highest BCUT2D eigenvalue weighted by Gasteiger charge is 2.09. The predicted molar refractivity (Wildman–Crippen MR) is 95.8 cm³/mol. The minimum Gasteiger partial charge on any atom is -0.392 e. The molecule has 4 aromatic heterocycles. The van der Waals surface area contributed by atoms with Crippen LogP contribution in [0.5, 0.6) is 0 Å². The Hall–Kier alpha value is -3.45. The highest BCUT2D eigenvalue weighted by atomic mass is 16.3. The maximum Gasteiger partial charge on any atom is 0.253 e. The van der Waals surface area contributed by atoms with Gasteiger partial charge in [-0.3, -0.25) is 9.78 Å². The maximum atomic E-state index is 12.4. The van der Waals surface area contributed by atoms with Crippen LogP contribution in [-0.2, 0) is 13.2 Å². The molecule has 0 aliphatic rings. The van der Waals surface area contributed by atoms with Crippen molar-refractivity contribution in [3.63, 3.8) is 0 Å². The smallest absolute Gasteiger partial charge is 0.253 e. The molecule has 0 unspecified atom stereocenters. The summed E-state index contributed by atoms with van der Waals surface area (Å²) in [5, 5.41) is 12.1. The van der Waals surface area contributed by atoms with Gasteiger partial charge in [0.15, 0.2) is 0 Å². The van der Waals surface area contributed by atoms with Crippen molar-refractivity contribution in [3.05, 3.63) is 84.3 Å². The van der Waals surface area contributed by atoms with Gasteiger partial charge in [0.1, 0.15) is 5.65 Å². The molecule has 0 radical (unpaired) electrons. The van der Waals surface area contributed by atoms with Gasteiger partial charge >= 0.3 is 0 Å². The molecule has 0 saturated heterocycles. The monoisotopic (exact) mass is 347 g/mol. The first-order chi connectivity index (χ1) is 12.7. The van der Waals surface area contributed by atoms with E-state index in [0.29, 0.717) is 12.1 Å². The Morgan fingerprint density at radius 1 is 1.15 bits per heavy atom. The van der Waals surface area contributed by atoms with Gasteiger partial charge in [-0.25, -0.2) is 4.98 Å². The van der Waals surface area contributed by atoms with Crippen molar-refractivity contribution < 1.29 is 9.90 Å². The SMILES string of the molecule is O=C(NCc1cn2cc(CO)ccc2n1)c1cncc(-n2cccc2)c1. The van der Waals surface area contributed by atoms with E-state index < -0.39 is 0 Å². The lowest BCUT2D eigenvalue weighted by atomic mass is 10.2. The lowest BCUT2D eigenvalue weighted by molar-refractivity contribution is 0.0950. The zero-order valence-corrected chi connectivity index (χ0v) is 13.9. The van der Waals surface area contributed by atoms with E-state index in [1.54, 1.807) is 18.5 Å².